The Labute approximate surface area is 72.7 Å². The van der Waals surface area contributed by atoms with E-state index in [1.54, 1.807) is 6.26 Å². The van der Waals surface area contributed by atoms with E-state index >= 15 is 0 Å². The highest BCUT2D eigenvalue weighted by Crippen LogP contribution is 2.56. The van der Waals surface area contributed by atoms with Crippen molar-refractivity contribution in [2.75, 3.05) is 6.54 Å². The minimum Gasteiger partial charge on any atom is -0.469 e. The van der Waals surface area contributed by atoms with Gasteiger partial charge in [-0.25, -0.2) is 0 Å². The van der Waals surface area contributed by atoms with E-state index in [1.165, 1.54) is 6.42 Å². The third-order valence-electron chi connectivity index (χ3n) is 3.16. The molecule has 1 heterocycles. The van der Waals surface area contributed by atoms with E-state index in [9.17, 15) is 0 Å². The molecule has 1 aliphatic carbocycles. The lowest BCUT2D eigenvalue weighted by molar-refractivity contribution is 0.422. The van der Waals surface area contributed by atoms with Gasteiger partial charge in [0.2, 0.25) is 0 Å². The van der Waals surface area contributed by atoms with Gasteiger partial charge >= 0.3 is 0 Å². The summed E-state index contributed by atoms with van der Waals surface area (Å²) in [6.45, 7) is 2.99. The Morgan fingerprint density at radius 3 is 3.00 bits per heavy atom. The quantitative estimate of drug-likeness (QED) is 0.743. The fraction of sp³-hybridized carbons (Fsp3) is 0.600. The minimum atomic E-state index is 0.290. The molecule has 1 fully saturated rings. The predicted octanol–water partition coefficient (Wildman–Crippen LogP) is 1.91. The Morgan fingerprint density at radius 2 is 2.58 bits per heavy atom. The molecule has 0 aromatic carbocycles. The van der Waals surface area contributed by atoms with E-state index in [4.69, 9.17) is 10.2 Å². The normalized spacial score (nSPS) is 33.7. The molecule has 0 saturated heterocycles. The molecule has 0 radical (unpaired) electrons. The van der Waals surface area contributed by atoms with Crippen LogP contribution in [0.5, 0.6) is 0 Å². The number of furan rings is 1. The molecule has 12 heavy (non-hydrogen) atoms. The van der Waals surface area contributed by atoms with Crippen LogP contribution in [0.3, 0.4) is 0 Å². The van der Waals surface area contributed by atoms with Crippen molar-refractivity contribution in [3.05, 3.63) is 24.2 Å². The molecular weight excluding hydrogens is 150 g/mol. The Kier molecular flexibility index (Phi) is 1.72. The van der Waals surface area contributed by atoms with Crippen molar-refractivity contribution < 1.29 is 4.42 Å². The molecule has 0 spiro atoms. The zero-order chi connectivity index (χ0) is 8.60. The Morgan fingerprint density at radius 1 is 1.75 bits per heavy atom. The average Bonchev–Trinajstić information content (AvgIpc) is 2.57. The molecule has 1 aliphatic rings. The number of rotatable bonds is 3. The molecule has 2 unspecified atom stereocenters. The maximum atomic E-state index is 5.65. The largest absolute Gasteiger partial charge is 0.469 e. The molecule has 0 amide bonds. The molecule has 2 N–H and O–H groups in total. The van der Waals surface area contributed by atoms with Gasteiger partial charge in [-0.1, -0.05) is 6.92 Å². The molecular formula is C10H15NO. The fourth-order valence-corrected chi connectivity index (χ4v) is 2.16. The van der Waals surface area contributed by atoms with E-state index in [-0.39, 0.29) is 5.41 Å². The summed E-state index contributed by atoms with van der Waals surface area (Å²) in [6, 6.07) is 4.03. The van der Waals surface area contributed by atoms with Gasteiger partial charge < -0.3 is 10.2 Å². The van der Waals surface area contributed by atoms with Gasteiger partial charge in [0, 0.05) is 5.41 Å². The predicted molar refractivity (Wildman–Crippen MR) is 47.8 cm³/mol. The monoisotopic (exact) mass is 165 g/mol. The van der Waals surface area contributed by atoms with Crippen LogP contribution in [0.15, 0.2) is 22.8 Å². The summed E-state index contributed by atoms with van der Waals surface area (Å²) in [5, 5.41) is 0. The highest BCUT2D eigenvalue weighted by Gasteiger charge is 2.54. The van der Waals surface area contributed by atoms with Crippen LogP contribution in [0, 0.1) is 5.92 Å². The summed E-state index contributed by atoms with van der Waals surface area (Å²) < 4.78 is 5.43. The van der Waals surface area contributed by atoms with Crippen molar-refractivity contribution in [2.24, 2.45) is 11.7 Å². The zero-order valence-corrected chi connectivity index (χ0v) is 7.42. The third-order valence-corrected chi connectivity index (χ3v) is 3.16. The van der Waals surface area contributed by atoms with E-state index in [0.29, 0.717) is 5.92 Å². The van der Waals surface area contributed by atoms with Gasteiger partial charge in [0.05, 0.1) is 6.26 Å². The Balaban J connectivity index is 2.22. The Bertz CT molecular complexity index is 255. The van der Waals surface area contributed by atoms with Gasteiger partial charge in [-0.2, -0.15) is 0 Å². The lowest BCUT2D eigenvalue weighted by Gasteiger charge is -2.10. The van der Waals surface area contributed by atoms with Crippen LogP contribution in [0.25, 0.3) is 0 Å². The topological polar surface area (TPSA) is 39.2 Å². The van der Waals surface area contributed by atoms with Crippen LogP contribution < -0.4 is 5.73 Å². The maximum absolute atomic E-state index is 5.65. The summed E-state index contributed by atoms with van der Waals surface area (Å²) in [7, 11) is 0. The van der Waals surface area contributed by atoms with Gasteiger partial charge in [0.1, 0.15) is 5.76 Å². The summed E-state index contributed by atoms with van der Waals surface area (Å²) in [5.74, 6) is 1.77. The second-order valence-electron chi connectivity index (χ2n) is 3.62. The summed E-state index contributed by atoms with van der Waals surface area (Å²) in [5.41, 5.74) is 5.94. The minimum absolute atomic E-state index is 0.290. The maximum Gasteiger partial charge on any atom is 0.110 e. The van der Waals surface area contributed by atoms with Gasteiger partial charge in [-0.3, -0.25) is 0 Å². The zero-order valence-electron chi connectivity index (χ0n) is 7.42. The van der Waals surface area contributed by atoms with Crippen LogP contribution in [-0.4, -0.2) is 6.54 Å². The molecule has 2 nitrogen and oxygen atoms in total. The molecule has 1 aromatic heterocycles. The number of hydrogen-bond acceptors (Lipinski definition) is 2. The molecule has 1 saturated carbocycles. The summed E-state index contributed by atoms with van der Waals surface area (Å²) in [4.78, 5) is 0. The third kappa shape index (κ3) is 0.911. The van der Waals surface area contributed by atoms with Crippen LogP contribution >= 0.6 is 0 Å². The molecule has 2 heteroatoms. The molecule has 2 atom stereocenters. The molecule has 0 aliphatic heterocycles. The molecule has 1 aromatic rings. The van der Waals surface area contributed by atoms with Crippen molar-refractivity contribution in [3.8, 4) is 0 Å². The van der Waals surface area contributed by atoms with Crippen LogP contribution in [0.1, 0.15) is 25.5 Å². The van der Waals surface area contributed by atoms with Gasteiger partial charge in [-0.15, -0.1) is 0 Å². The number of hydrogen-bond donors (Lipinski definition) is 1. The van der Waals surface area contributed by atoms with Crippen molar-refractivity contribution in [1.82, 2.24) is 0 Å². The summed E-state index contributed by atoms with van der Waals surface area (Å²) in [6.07, 6.45) is 4.09. The van der Waals surface area contributed by atoms with Crippen LogP contribution in [0.2, 0.25) is 0 Å². The van der Waals surface area contributed by atoms with E-state index in [2.05, 4.69) is 13.0 Å². The Hall–Kier alpha value is -0.760. The standard InChI is InChI=1S/C10H15NO/c1-2-10(6-8(10)7-11)9-4-3-5-12-9/h3-5,8H,2,6-7,11H2,1H3. The van der Waals surface area contributed by atoms with E-state index in [1.807, 2.05) is 6.07 Å². The summed E-state index contributed by atoms with van der Waals surface area (Å²) >= 11 is 0. The highest BCUT2D eigenvalue weighted by atomic mass is 16.3. The van der Waals surface area contributed by atoms with Gasteiger partial charge in [0.15, 0.2) is 0 Å². The lowest BCUT2D eigenvalue weighted by Crippen LogP contribution is -2.13. The van der Waals surface area contributed by atoms with Crippen molar-refractivity contribution in [2.45, 2.75) is 25.2 Å². The first-order valence-corrected chi connectivity index (χ1v) is 4.57. The average molecular weight is 165 g/mol. The van der Waals surface area contributed by atoms with Crippen molar-refractivity contribution in [3.63, 3.8) is 0 Å². The van der Waals surface area contributed by atoms with Gasteiger partial charge in [0.25, 0.3) is 0 Å². The highest BCUT2D eigenvalue weighted by molar-refractivity contribution is 5.25. The fourth-order valence-electron chi connectivity index (χ4n) is 2.16. The van der Waals surface area contributed by atoms with E-state index < -0.39 is 0 Å². The molecule has 0 bridgehead atoms. The van der Waals surface area contributed by atoms with Crippen LogP contribution in [-0.2, 0) is 5.41 Å². The number of nitrogens with two attached hydrogens (primary N) is 1. The van der Waals surface area contributed by atoms with Crippen molar-refractivity contribution in [1.29, 1.82) is 0 Å². The second-order valence-corrected chi connectivity index (χ2v) is 3.62. The lowest BCUT2D eigenvalue weighted by atomic mass is 9.97. The van der Waals surface area contributed by atoms with Crippen molar-refractivity contribution >= 4 is 0 Å². The van der Waals surface area contributed by atoms with Crippen LogP contribution in [0.4, 0.5) is 0 Å². The first-order chi connectivity index (χ1) is 5.83. The first kappa shape index (κ1) is 7.87. The second kappa shape index (κ2) is 2.63. The SMILES string of the molecule is CCC1(c2ccco2)CC1CN. The van der Waals surface area contributed by atoms with Gasteiger partial charge in [-0.05, 0) is 37.4 Å². The van der Waals surface area contributed by atoms with E-state index in [0.717, 1.165) is 18.7 Å². The molecule has 2 rings (SSSR count). The molecule has 66 valence electrons. The smallest absolute Gasteiger partial charge is 0.110 e. The first-order valence-electron chi connectivity index (χ1n) is 4.57.